The van der Waals surface area contributed by atoms with E-state index in [9.17, 15) is 10.1 Å². The van der Waals surface area contributed by atoms with Crippen molar-refractivity contribution in [1.29, 1.82) is 0 Å². The molecule has 0 aliphatic carbocycles. The molecule has 0 fully saturated rings. The molecule has 92 valence electrons. The zero-order valence-electron chi connectivity index (χ0n) is 9.24. The number of hydrogen-bond acceptors (Lipinski definition) is 5. The second kappa shape index (κ2) is 5.65. The Bertz CT molecular complexity index is 473. The van der Waals surface area contributed by atoms with Crippen molar-refractivity contribution in [3.63, 3.8) is 0 Å². The molecule has 1 rings (SSSR count). The molecular weight excluding hydrogens is 288 g/mol. The smallest absolute Gasteiger partial charge is 0.272 e. The van der Waals surface area contributed by atoms with Gasteiger partial charge in [0.05, 0.1) is 10.6 Å². The van der Waals surface area contributed by atoms with Crippen molar-refractivity contribution in [3.05, 3.63) is 38.4 Å². The number of rotatable bonds is 4. The Morgan fingerprint density at radius 2 is 2.18 bits per heavy atom. The van der Waals surface area contributed by atoms with Gasteiger partial charge in [-0.05, 0) is 6.07 Å². The molecule has 0 unspecified atom stereocenters. The third-order valence-corrected chi connectivity index (χ3v) is 2.86. The molecule has 0 aliphatic rings. The highest BCUT2D eigenvalue weighted by Gasteiger charge is 2.12. The zero-order chi connectivity index (χ0) is 13.0. The summed E-state index contributed by atoms with van der Waals surface area (Å²) in [6.07, 6.45) is 0. The van der Waals surface area contributed by atoms with E-state index in [-0.39, 0.29) is 5.69 Å². The standard InChI is InChI=1S/C10H13BrN4O2/c1-14-10(9(11)5-12)6-2-7(13)4-8(3-6)15(16)17/h2-4,14H,5,12-13H2,1H3/b10-9+. The minimum atomic E-state index is -0.483. The number of nitrogens with zero attached hydrogens (tertiary/aromatic N) is 1. The van der Waals surface area contributed by atoms with Crippen molar-refractivity contribution in [3.8, 4) is 0 Å². The number of non-ortho nitro benzene ring substituents is 1. The largest absolute Gasteiger partial charge is 0.399 e. The molecule has 0 aromatic heterocycles. The molecule has 6 nitrogen and oxygen atoms in total. The van der Waals surface area contributed by atoms with Crippen molar-refractivity contribution < 1.29 is 4.92 Å². The summed E-state index contributed by atoms with van der Waals surface area (Å²) in [6.45, 7) is 0.290. The van der Waals surface area contributed by atoms with Crippen LogP contribution in [-0.2, 0) is 0 Å². The normalized spacial score (nSPS) is 11.9. The van der Waals surface area contributed by atoms with Crippen LogP contribution in [0, 0.1) is 10.1 Å². The summed E-state index contributed by atoms with van der Waals surface area (Å²) in [4.78, 5) is 10.3. The molecule has 0 heterocycles. The van der Waals surface area contributed by atoms with Gasteiger partial charge in [-0.25, -0.2) is 0 Å². The van der Waals surface area contributed by atoms with Crippen LogP contribution < -0.4 is 16.8 Å². The van der Waals surface area contributed by atoms with E-state index in [0.29, 0.717) is 23.5 Å². The Hall–Kier alpha value is -1.60. The molecule has 7 heteroatoms. The molecule has 0 spiro atoms. The summed E-state index contributed by atoms with van der Waals surface area (Å²) in [6, 6.07) is 4.40. The van der Waals surface area contributed by atoms with E-state index in [0.717, 1.165) is 4.48 Å². The zero-order valence-corrected chi connectivity index (χ0v) is 10.8. The molecule has 0 radical (unpaired) electrons. The second-order valence-electron chi connectivity index (χ2n) is 3.30. The highest BCUT2D eigenvalue weighted by molar-refractivity contribution is 9.11. The summed E-state index contributed by atoms with van der Waals surface area (Å²) >= 11 is 3.31. The SMILES string of the molecule is CN/C(=C(/Br)CN)c1cc(N)cc([N+](=O)[O-])c1. The van der Waals surface area contributed by atoms with Crippen molar-refractivity contribution in [1.82, 2.24) is 5.32 Å². The summed E-state index contributed by atoms with van der Waals surface area (Å²) in [5.41, 5.74) is 12.7. The topological polar surface area (TPSA) is 107 Å². The van der Waals surface area contributed by atoms with Gasteiger partial charge < -0.3 is 16.8 Å². The van der Waals surface area contributed by atoms with Gasteiger partial charge in [-0.2, -0.15) is 0 Å². The molecule has 0 saturated carbocycles. The maximum Gasteiger partial charge on any atom is 0.272 e. The van der Waals surface area contributed by atoms with Crippen LogP contribution in [-0.4, -0.2) is 18.5 Å². The lowest BCUT2D eigenvalue weighted by molar-refractivity contribution is -0.384. The van der Waals surface area contributed by atoms with Crippen LogP contribution in [0.1, 0.15) is 5.56 Å². The lowest BCUT2D eigenvalue weighted by atomic mass is 10.1. The number of anilines is 1. The van der Waals surface area contributed by atoms with Crippen molar-refractivity contribution in [2.24, 2.45) is 5.73 Å². The van der Waals surface area contributed by atoms with E-state index in [1.165, 1.54) is 12.1 Å². The lowest BCUT2D eigenvalue weighted by Crippen LogP contribution is -2.11. The van der Waals surface area contributed by atoms with Gasteiger partial charge >= 0.3 is 0 Å². The highest BCUT2D eigenvalue weighted by atomic mass is 79.9. The number of nitrogens with two attached hydrogens (primary N) is 2. The molecule has 0 amide bonds. The molecule has 0 bridgehead atoms. The molecule has 0 aliphatic heterocycles. The van der Waals surface area contributed by atoms with Crippen LogP contribution in [0.25, 0.3) is 5.70 Å². The third-order valence-electron chi connectivity index (χ3n) is 2.14. The fourth-order valence-electron chi connectivity index (χ4n) is 1.42. The van der Waals surface area contributed by atoms with E-state index in [1.54, 1.807) is 13.1 Å². The Kier molecular flexibility index (Phi) is 4.47. The monoisotopic (exact) mass is 300 g/mol. The predicted molar refractivity (Wildman–Crippen MR) is 71.5 cm³/mol. The number of nitrogens with one attached hydrogen (secondary N) is 1. The van der Waals surface area contributed by atoms with E-state index >= 15 is 0 Å². The van der Waals surface area contributed by atoms with Gasteiger partial charge in [0.15, 0.2) is 0 Å². The quantitative estimate of drug-likeness (QED) is 0.443. The minimum absolute atomic E-state index is 0.0509. The average Bonchev–Trinajstić information content (AvgIpc) is 2.28. The van der Waals surface area contributed by atoms with E-state index in [4.69, 9.17) is 11.5 Å². The van der Waals surface area contributed by atoms with Crippen molar-refractivity contribution >= 4 is 33.0 Å². The summed E-state index contributed by atoms with van der Waals surface area (Å²) < 4.78 is 0.722. The number of nitrogen functional groups attached to an aromatic ring is 1. The van der Waals surface area contributed by atoms with Crippen LogP contribution in [0.4, 0.5) is 11.4 Å². The predicted octanol–water partition coefficient (Wildman–Crippen LogP) is 1.42. The highest BCUT2D eigenvalue weighted by Crippen LogP contribution is 2.26. The van der Waals surface area contributed by atoms with Gasteiger partial charge in [0, 0.05) is 41.5 Å². The Morgan fingerprint density at radius 1 is 1.53 bits per heavy atom. The maximum absolute atomic E-state index is 10.7. The van der Waals surface area contributed by atoms with Gasteiger partial charge in [-0.1, -0.05) is 15.9 Å². The minimum Gasteiger partial charge on any atom is -0.399 e. The first-order valence-corrected chi connectivity index (χ1v) is 5.60. The Balaban J connectivity index is 3.35. The fraction of sp³-hybridized carbons (Fsp3) is 0.200. The van der Waals surface area contributed by atoms with Crippen LogP contribution in [0.3, 0.4) is 0 Å². The lowest BCUT2D eigenvalue weighted by Gasteiger charge is -2.10. The molecule has 0 atom stereocenters. The first-order chi connectivity index (χ1) is 7.99. The molecule has 1 aromatic carbocycles. The molecule has 17 heavy (non-hydrogen) atoms. The van der Waals surface area contributed by atoms with Crippen LogP contribution in [0.5, 0.6) is 0 Å². The van der Waals surface area contributed by atoms with Crippen LogP contribution in [0.15, 0.2) is 22.7 Å². The first-order valence-electron chi connectivity index (χ1n) is 4.81. The molecular formula is C10H13BrN4O2. The number of benzene rings is 1. The van der Waals surface area contributed by atoms with Gasteiger partial charge in [-0.15, -0.1) is 0 Å². The van der Waals surface area contributed by atoms with Gasteiger partial charge in [-0.3, -0.25) is 10.1 Å². The number of nitro benzene ring substituents is 1. The van der Waals surface area contributed by atoms with Gasteiger partial charge in [0.1, 0.15) is 0 Å². The summed E-state index contributed by atoms with van der Waals surface area (Å²) in [5.74, 6) is 0. The number of nitro groups is 1. The third kappa shape index (κ3) is 3.18. The maximum atomic E-state index is 10.7. The first kappa shape index (κ1) is 13.5. The summed E-state index contributed by atoms with van der Waals surface area (Å²) in [7, 11) is 1.71. The molecule has 1 aromatic rings. The summed E-state index contributed by atoms with van der Waals surface area (Å²) in [5, 5.41) is 13.7. The van der Waals surface area contributed by atoms with E-state index in [2.05, 4.69) is 21.2 Å². The Labute approximate surface area is 107 Å². The second-order valence-corrected chi connectivity index (χ2v) is 4.26. The van der Waals surface area contributed by atoms with E-state index in [1.807, 2.05) is 0 Å². The molecule has 0 saturated heterocycles. The Morgan fingerprint density at radius 3 is 2.65 bits per heavy atom. The number of halogens is 1. The van der Waals surface area contributed by atoms with Crippen molar-refractivity contribution in [2.45, 2.75) is 0 Å². The molecule has 5 N–H and O–H groups in total. The fourth-order valence-corrected chi connectivity index (χ4v) is 1.85. The van der Waals surface area contributed by atoms with E-state index < -0.39 is 4.92 Å². The number of hydrogen-bond donors (Lipinski definition) is 3. The van der Waals surface area contributed by atoms with Gasteiger partial charge in [0.2, 0.25) is 0 Å². The average molecular weight is 301 g/mol. The van der Waals surface area contributed by atoms with Gasteiger partial charge in [0.25, 0.3) is 5.69 Å². The van der Waals surface area contributed by atoms with Crippen LogP contribution in [0.2, 0.25) is 0 Å². The van der Waals surface area contributed by atoms with Crippen molar-refractivity contribution in [2.75, 3.05) is 19.3 Å². The van der Waals surface area contributed by atoms with Crippen LogP contribution >= 0.6 is 15.9 Å².